The maximum atomic E-state index is 12.8. The highest BCUT2D eigenvalue weighted by molar-refractivity contribution is 5.85. The topological polar surface area (TPSA) is 60.9 Å². The van der Waals surface area contributed by atoms with Crippen molar-refractivity contribution in [3.63, 3.8) is 0 Å². The van der Waals surface area contributed by atoms with Crippen molar-refractivity contribution in [1.82, 2.24) is 9.80 Å². The predicted molar refractivity (Wildman–Crippen MR) is 88.0 cm³/mol. The number of aliphatic carboxylic acids is 1. The Balaban J connectivity index is 1.55. The van der Waals surface area contributed by atoms with Crippen molar-refractivity contribution in [2.45, 2.75) is 51.0 Å². The molecular formula is C18H28N2O3. The van der Waals surface area contributed by atoms with Gasteiger partial charge >= 0.3 is 5.97 Å². The maximum absolute atomic E-state index is 12.8. The minimum absolute atomic E-state index is 0.0463. The van der Waals surface area contributed by atoms with E-state index in [1.807, 2.05) is 17.1 Å². The number of nitrogens with zero attached hydrogens (tertiary/aromatic N) is 2. The molecule has 2 aliphatic carbocycles. The average molecular weight is 320 g/mol. The van der Waals surface area contributed by atoms with Crippen LogP contribution in [-0.4, -0.2) is 59.0 Å². The van der Waals surface area contributed by atoms with Gasteiger partial charge in [-0.2, -0.15) is 0 Å². The smallest absolute Gasteiger partial charge is 0.307 e. The lowest BCUT2D eigenvalue weighted by Gasteiger charge is -2.42. The number of hydrogen-bond donors (Lipinski definition) is 1. The molecule has 0 aromatic rings. The number of allylic oxidation sites excluding steroid dienone is 2. The Hall–Kier alpha value is -1.36. The third-order valence-corrected chi connectivity index (χ3v) is 5.78. The van der Waals surface area contributed by atoms with Gasteiger partial charge in [-0.3, -0.25) is 14.5 Å². The highest BCUT2D eigenvalue weighted by Gasteiger charge is 2.37. The lowest BCUT2D eigenvalue weighted by Crippen LogP contribution is -2.54. The van der Waals surface area contributed by atoms with Gasteiger partial charge in [0.2, 0.25) is 5.91 Å². The number of amides is 1. The number of hydrogen-bond acceptors (Lipinski definition) is 3. The zero-order valence-electron chi connectivity index (χ0n) is 13.8. The van der Waals surface area contributed by atoms with Crippen LogP contribution in [0.15, 0.2) is 12.2 Å². The minimum Gasteiger partial charge on any atom is -0.481 e. The van der Waals surface area contributed by atoms with E-state index in [0.717, 1.165) is 26.2 Å². The first-order chi connectivity index (χ1) is 11.2. The van der Waals surface area contributed by atoms with Gasteiger partial charge in [0.15, 0.2) is 0 Å². The molecule has 0 bridgehead atoms. The fraction of sp³-hybridized carbons (Fsp3) is 0.778. The van der Waals surface area contributed by atoms with Crippen molar-refractivity contribution < 1.29 is 14.7 Å². The van der Waals surface area contributed by atoms with Crippen LogP contribution in [0.2, 0.25) is 0 Å². The lowest BCUT2D eigenvalue weighted by atomic mass is 9.82. The molecule has 128 valence electrons. The second kappa shape index (κ2) is 7.47. The second-order valence-electron chi connectivity index (χ2n) is 7.15. The first kappa shape index (κ1) is 16.5. The summed E-state index contributed by atoms with van der Waals surface area (Å²) >= 11 is 0. The molecule has 1 aliphatic heterocycles. The van der Waals surface area contributed by atoms with E-state index in [1.165, 1.54) is 32.1 Å². The molecule has 2 atom stereocenters. The molecule has 3 rings (SSSR count). The molecular weight excluding hydrogens is 292 g/mol. The molecule has 0 radical (unpaired) electrons. The van der Waals surface area contributed by atoms with Crippen molar-refractivity contribution in [1.29, 1.82) is 0 Å². The van der Waals surface area contributed by atoms with Crippen LogP contribution in [0, 0.1) is 11.8 Å². The van der Waals surface area contributed by atoms with Crippen LogP contribution < -0.4 is 0 Å². The Morgan fingerprint density at radius 1 is 0.870 bits per heavy atom. The van der Waals surface area contributed by atoms with Crippen LogP contribution in [0.4, 0.5) is 0 Å². The number of carbonyl (C=O) groups excluding carboxylic acids is 1. The van der Waals surface area contributed by atoms with E-state index in [4.69, 9.17) is 0 Å². The fourth-order valence-electron chi connectivity index (χ4n) is 4.35. The van der Waals surface area contributed by atoms with Crippen LogP contribution in [-0.2, 0) is 9.59 Å². The largest absolute Gasteiger partial charge is 0.481 e. The molecule has 3 aliphatic rings. The van der Waals surface area contributed by atoms with Crippen LogP contribution in [0.25, 0.3) is 0 Å². The SMILES string of the molecule is O=C(O)[C@@H]1CC=CC[C@H]1C(=O)N1CCN(C2CCCCC2)CC1. The number of carboxylic acids is 1. The van der Waals surface area contributed by atoms with E-state index in [0.29, 0.717) is 18.9 Å². The van der Waals surface area contributed by atoms with Crippen LogP contribution >= 0.6 is 0 Å². The zero-order valence-corrected chi connectivity index (χ0v) is 13.8. The Bertz CT molecular complexity index is 463. The van der Waals surface area contributed by atoms with Crippen LogP contribution in [0.3, 0.4) is 0 Å². The highest BCUT2D eigenvalue weighted by Crippen LogP contribution is 2.29. The molecule has 23 heavy (non-hydrogen) atoms. The summed E-state index contributed by atoms with van der Waals surface area (Å²) in [4.78, 5) is 28.6. The fourth-order valence-corrected chi connectivity index (χ4v) is 4.35. The van der Waals surface area contributed by atoms with Gasteiger partial charge in [-0.25, -0.2) is 0 Å². The second-order valence-corrected chi connectivity index (χ2v) is 7.15. The zero-order chi connectivity index (χ0) is 16.2. The van der Waals surface area contributed by atoms with Gasteiger partial charge in [0.25, 0.3) is 0 Å². The first-order valence-corrected chi connectivity index (χ1v) is 9.07. The molecule has 0 aromatic carbocycles. The molecule has 1 heterocycles. The Morgan fingerprint density at radius 3 is 2.09 bits per heavy atom. The third-order valence-electron chi connectivity index (χ3n) is 5.78. The summed E-state index contributed by atoms with van der Waals surface area (Å²) in [5, 5.41) is 9.36. The average Bonchev–Trinajstić information content (AvgIpc) is 2.62. The summed E-state index contributed by atoms with van der Waals surface area (Å²) in [6.07, 6.45) is 11.5. The predicted octanol–water partition coefficient (Wildman–Crippen LogP) is 2.13. The quantitative estimate of drug-likeness (QED) is 0.809. The van der Waals surface area contributed by atoms with E-state index in [9.17, 15) is 14.7 Å². The molecule has 1 saturated carbocycles. The lowest BCUT2D eigenvalue weighted by molar-refractivity contribution is -0.151. The standard InChI is InChI=1S/C18H28N2O3/c21-17(15-8-4-5-9-16(15)18(22)23)20-12-10-19(11-13-20)14-6-2-1-3-7-14/h4-5,14-16H,1-3,6-13H2,(H,22,23)/t15-,16-/m1/s1. The monoisotopic (exact) mass is 320 g/mol. The molecule has 5 heteroatoms. The molecule has 5 nitrogen and oxygen atoms in total. The molecule has 0 unspecified atom stereocenters. The summed E-state index contributed by atoms with van der Waals surface area (Å²) in [6, 6.07) is 0.699. The van der Waals surface area contributed by atoms with Crippen molar-refractivity contribution in [2.75, 3.05) is 26.2 Å². The number of carboxylic acid groups (broad SMARTS) is 1. The number of piperazine rings is 1. The summed E-state index contributed by atoms with van der Waals surface area (Å²) in [7, 11) is 0. The van der Waals surface area contributed by atoms with Gasteiger partial charge in [-0.1, -0.05) is 31.4 Å². The van der Waals surface area contributed by atoms with E-state index >= 15 is 0 Å². The summed E-state index contributed by atoms with van der Waals surface area (Å²) in [5.74, 6) is -1.72. The van der Waals surface area contributed by atoms with Crippen molar-refractivity contribution >= 4 is 11.9 Å². The van der Waals surface area contributed by atoms with E-state index < -0.39 is 11.9 Å². The maximum Gasteiger partial charge on any atom is 0.307 e. The van der Waals surface area contributed by atoms with Crippen LogP contribution in [0.5, 0.6) is 0 Å². The van der Waals surface area contributed by atoms with Gasteiger partial charge in [-0.15, -0.1) is 0 Å². The van der Waals surface area contributed by atoms with Gasteiger partial charge in [-0.05, 0) is 25.7 Å². The molecule has 0 aromatic heterocycles. The van der Waals surface area contributed by atoms with E-state index in [2.05, 4.69) is 4.90 Å². The van der Waals surface area contributed by atoms with Crippen molar-refractivity contribution in [3.05, 3.63) is 12.2 Å². The Labute approximate surface area is 138 Å². The highest BCUT2D eigenvalue weighted by atomic mass is 16.4. The van der Waals surface area contributed by atoms with Gasteiger partial charge in [0.05, 0.1) is 11.8 Å². The van der Waals surface area contributed by atoms with E-state index in [1.54, 1.807) is 0 Å². The normalized spacial score (nSPS) is 30.3. The molecule has 1 amide bonds. The van der Waals surface area contributed by atoms with Crippen molar-refractivity contribution in [2.24, 2.45) is 11.8 Å². The number of rotatable bonds is 3. The Kier molecular flexibility index (Phi) is 5.36. The minimum atomic E-state index is -0.839. The van der Waals surface area contributed by atoms with Crippen LogP contribution in [0.1, 0.15) is 44.9 Å². The number of carbonyl (C=O) groups is 2. The van der Waals surface area contributed by atoms with Gasteiger partial charge < -0.3 is 10.0 Å². The van der Waals surface area contributed by atoms with E-state index in [-0.39, 0.29) is 11.8 Å². The summed E-state index contributed by atoms with van der Waals surface area (Å²) in [6.45, 7) is 3.39. The Morgan fingerprint density at radius 2 is 1.48 bits per heavy atom. The summed E-state index contributed by atoms with van der Waals surface area (Å²) < 4.78 is 0. The van der Waals surface area contributed by atoms with Crippen molar-refractivity contribution in [3.8, 4) is 0 Å². The molecule has 2 fully saturated rings. The summed E-state index contributed by atoms with van der Waals surface area (Å²) in [5.41, 5.74) is 0. The third kappa shape index (κ3) is 3.77. The molecule has 1 N–H and O–H groups in total. The van der Waals surface area contributed by atoms with Gasteiger partial charge in [0, 0.05) is 32.2 Å². The van der Waals surface area contributed by atoms with Gasteiger partial charge in [0.1, 0.15) is 0 Å². The molecule has 1 saturated heterocycles. The first-order valence-electron chi connectivity index (χ1n) is 9.07. The molecule has 0 spiro atoms.